The molecular formula is C13H23BrN2O3S. The number of hydrogen-bond acceptors (Lipinski definition) is 4. The van der Waals surface area contributed by atoms with E-state index in [4.69, 9.17) is 4.42 Å². The van der Waals surface area contributed by atoms with Crippen LogP contribution in [0, 0.1) is 0 Å². The first kappa shape index (κ1) is 17.7. The van der Waals surface area contributed by atoms with Crippen molar-refractivity contribution in [2.45, 2.75) is 51.0 Å². The van der Waals surface area contributed by atoms with Gasteiger partial charge in [0, 0.05) is 12.6 Å². The molecule has 1 aromatic rings. The molecule has 1 aromatic heterocycles. The van der Waals surface area contributed by atoms with Crippen LogP contribution in [0.2, 0.25) is 0 Å². The van der Waals surface area contributed by atoms with Gasteiger partial charge in [-0.2, -0.15) is 0 Å². The Hall–Kier alpha value is -0.370. The van der Waals surface area contributed by atoms with E-state index >= 15 is 0 Å². The monoisotopic (exact) mass is 366 g/mol. The third kappa shape index (κ3) is 5.55. The highest BCUT2D eigenvalue weighted by Gasteiger charge is 2.21. The first-order valence-electron chi connectivity index (χ1n) is 6.99. The van der Waals surface area contributed by atoms with E-state index in [1.807, 2.05) is 6.92 Å². The maximum atomic E-state index is 12.2. The summed E-state index contributed by atoms with van der Waals surface area (Å²) in [5.41, 5.74) is 0. The third-order valence-corrected chi connectivity index (χ3v) is 5.19. The van der Waals surface area contributed by atoms with Crippen molar-refractivity contribution >= 4 is 26.0 Å². The van der Waals surface area contributed by atoms with E-state index < -0.39 is 10.0 Å². The first-order valence-corrected chi connectivity index (χ1v) is 9.27. The number of sulfonamides is 1. The van der Waals surface area contributed by atoms with Gasteiger partial charge < -0.3 is 9.73 Å². The second kappa shape index (κ2) is 8.81. The standard InChI is InChI=1S/C13H23BrN2O3S/c1-3-5-6-7-8-16-20(17,18)12-9-11(10-15-4-2)19-13(12)14/h9,15-16H,3-8,10H2,1-2H3. The van der Waals surface area contributed by atoms with Gasteiger partial charge >= 0.3 is 0 Å². The highest BCUT2D eigenvalue weighted by atomic mass is 79.9. The lowest BCUT2D eigenvalue weighted by Gasteiger charge is -2.04. The molecule has 0 aromatic carbocycles. The molecule has 0 aliphatic carbocycles. The van der Waals surface area contributed by atoms with Crippen molar-refractivity contribution in [1.82, 2.24) is 10.0 Å². The molecule has 5 nitrogen and oxygen atoms in total. The van der Waals surface area contributed by atoms with Gasteiger partial charge in [0.25, 0.3) is 0 Å². The van der Waals surface area contributed by atoms with Crippen LogP contribution in [0.4, 0.5) is 0 Å². The molecule has 0 aliphatic rings. The molecule has 0 aliphatic heterocycles. The molecule has 0 fully saturated rings. The molecule has 2 N–H and O–H groups in total. The van der Waals surface area contributed by atoms with E-state index in [1.165, 1.54) is 0 Å². The predicted molar refractivity (Wildman–Crippen MR) is 83.1 cm³/mol. The van der Waals surface area contributed by atoms with Crippen LogP contribution in [-0.2, 0) is 16.6 Å². The fourth-order valence-corrected chi connectivity index (χ4v) is 3.82. The Balaban J connectivity index is 2.60. The van der Waals surface area contributed by atoms with Gasteiger partial charge in [0.05, 0.1) is 6.54 Å². The van der Waals surface area contributed by atoms with Crippen molar-refractivity contribution in [3.05, 3.63) is 16.5 Å². The van der Waals surface area contributed by atoms with Gasteiger partial charge in [-0.1, -0.05) is 33.1 Å². The molecule has 0 bridgehead atoms. The SMILES string of the molecule is CCCCCCNS(=O)(=O)c1cc(CNCC)oc1Br. The van der Waals surface area contributed by atoms with Gasteiger partial charge in [-0.3, -0.25) is 0 Å². The Morgan fingerprint density at radius 2 is 2.00 bits per heavy atom. The van der Waals surface area contributed by atoms with Crippen LogP contribution in [-0.4, -0.2) is 21.5 Å². The topological polar surface area (TPSA) is 71.3 Å². The summed E-state index contributed by atoms with van der Waals surface area (Å²) < 4.78 is 32.5. The average molecular weight is 367 g/mol. The largest absolute Gasteiger partial charge is 0.452 e. The zero-order chi connectivity index (χ0) is 15.0. The van der Waals surface area contributed by atoms with Crippen LogP contribution >= 0.6 is 15.9 Å². The highest BCUT2D eigenvalue weighted by molar-refractivity contribution is 9.10. The van der Waals surface area contributed by atoms with Crippen LogP contribution in [0.15, 0.2) is 20.0 Å². The van der Waals surface area contributed by atoms with Crippen molar-refractivity contribution in [1.29, 1.82) is 0 Å². The third-order valence-electron chi connectivity index (χ3n) is 2.87. The molecule has 1 heterocycles. The van der Waals surface area contributed by atoms with E-state index in [1.54, 1.807) is 6.07 Å². The summed E-state index contributed by atoms with van der Waals surface area (Å²) in [6.45, 7) is 5.88. The highest BCUT2D eigenvalue weighted by Crippen LogP contribution is 2.26. The van der Waals surface area contributed by atoms with Crippen molar-refractivity contribution in [3.8, 4) is 0 Å². The van der Waals surface area contributed by atoms with Crippen LogP contribution in [0.1, 0.15) is 45.3 Å². The lowest BCUT2D eigenvalue weighted by Crippen LogP contribution is -2.24. The van der Waals surface area contributed by atoms with Gasteiger partial charge in [-0.15, -0.1) is 0 Å². The summed E-state index contributed by atoms with van der Waals surface area (Å²) in [4.78, 5) is 0.167. The maximum absolute atomic E-state index is 12.2. The second-order valence-corrected chi connectivity index (χ2v) is 7.05. The Kier molecular flexibility index (Phi) is 7.79. The van der Waals surface area contributed by atoms with Crippen LogP contribution < -0.4 is 10.0 Å². The molecule has 116 valence electrons. The molecule has 0 radical (unpaired) electrons. The number of unbranched alkanes of at least 4 members (excludes halogenated alkanes) is 3. The van der Waals surface area contributed by atoms with Gasteiger partial charge in [-0.25, -0.2) is 13.1 Å². The zero-order valence-electron chi connectivity index (χ0n) is 12.0. The van der Waals surface area contributed by atoms with Crippen molar-refractivity contribution < 1.29 is 12.8 Å². The molecule has 0 spiro atoms. The number of nitrogens with one attached hydrogen (secondary N) is 2. The summed E-state index contributed by atoms with van der Waals surface area (Å²) in [6.07, 6.45) is 4.15. The number of rotatable bonds is 10. The van der Waals surface area contributed by atoms with Gasteiger partial charge in [-0.05, 0) is 28.9 Å². The summed E-state index contributed by atoms with van der Waals surface area (Å²) in [6, 6.07) is 1.56. The smallest absolute Gasteiger partial charge is 0.244 e. The van der Waals surface area contributed by atoms with Crippen LogP contribution in [0.5, 0.6) is 0 Å². The minimum absolute atomic E-state index is 0.167. The minimum Gasteiger partial charge on any atom is -0.452 e. The predicted octanol–water partition coefficient (Wildman–Crippen LogP) is 3.01. The Morgan fingerprint density at radius 3 is 2.65 bits per heavy atom. The Bertz CT molecular complexity index is 500. The first-order chi connectivity index (χ1) is 9.51. The molecule has 7 heteroatoms. The molecule has 0 amide bonds. The van der Waals surface area contributed by atoms with Crippen LogP contribution in [0.3, 0.4) is 0 Å². The Morgan fingerprint density at radius 1 is 1.25 bits per heavy atom. The van der Waals surface area contributed by atoms with Crippen molar-refractivity contribution in [2.75, 3.05) is 13.1 Å². The van der Waals surface area contributed by atoms with E-state index in [2.05, 4.69) is 32.9 Å². The number of furan rings is 1. The Labute approximate surface area is 129 Å². The summed E-state index contributed by atoms with van der Waals surface area (Å²) >= 11 is 3.17. The van der Waals surface area contributed by atoms with E-state index in [0.29, 0.717) is 18.8 Å². The molecular weight excluding hydrogens is 344 g/mol. The van der Waals surface area contributed by atoms with E-state index in [0.717, 1.165) is 32.2 Å². The molecule has 1 rings (SSSR count). The molecule has 0 saturated carbocycles. The fraction of sp³-hybridized carbons (Fsp3) is 0.692. The lowest BCUT2D eigenvalue weighted by atomic mass is 10.2. The summed E-state index contributed by atoms with van der Waals surface area (Å²) in [7, 11) is -3.50. The zero-order valence-corrected chi connectivity index (χ0v) is 14.4. The van der Waals surface area contributed by atoms with Gasteiger partial charge in [0.15, 0.2) is 4.67 Å². The van der Waals surface area contributed by atoms with Gasteiger partial charge in [0.2, 0.25) is 10.0 Å². The molecule has 0 atom stereocenters. The molecule has 0 saturated heterocycles. The van der Waals surface area contributed by atoms with Crippen molar-refractivity contribution in [2.24, 2.45) is 0 Å². The molecule has 0 unspecified atom stereocenters. The van der Waals surface area contributed by atoms with E-state index in [-0.39, 0.29) is 9.56 Å². The quantitative estimate of drug-likeness (QED) is 0.624. The van der Waals surface area contributed by atoms with E-state index in [9.17, 15) is 8.42 Å². The van der Waals surface area contributed by atoms with Gasteiger partial charge in [0.1, 0.15) is 10.7 Å². The summed E-state index contributed by atoms with van der Waals surface area (Å²) in [5, 5.41) is 3.09. The lowest BCUT2D eigenvalue weighted by molar-refractivity contribution is 0.464. The minimum atomic E-state index is -3.50. The maximum Gasteiger partial charge on any atom is 0.244 e. The fourth-order valence-electron chi connectivity index (χ4n) is 1.75. The average Bonchev–Trinajstić information content (AvgIpc) is 2.78. The number of hydrogen-bond donors (Lipinski definition) is 2. The van der Waals surface area contributed by atoms with Crippen LogP contribution in [0.25, 0.3) is 0 Å². The number of halogens is 1. The molecule has 20 heavy (non-hydrogen) atoms. The van der Waals surface area contributed by atoms with Crippen molar-refractivity contribution in [3.63, 3.8) is 0 Å². The second-order valence-electron chi connectivity index (χ2n) is 4.59. The normalized spacial score (nSPS) is 11.9. The summed E-state index contributed by atoms with van der Waals surface area (Å²) in [5.74, 6) is 0.602.